The first-order valence-electron chi connectivity index (χ1n) is 5.24. The third-order valence-electron chi connectivity index (χ3n) is 3.07. The normalized spacial score (nSPS) is 29.0. The molecule has 0 spiro atoms. The number of hydrogen-bond acceptors (Lipinski definition) is 2. The van der Waals surface area contributed by atoms with Crippen molar-refractivity contribution in [2.75, 3.05) is 6.54 Å². The summed E-state index contributed by atoms with van der Waals surface area (Å²) in [6.45, 7) is 2.95. The molecular formula is C12H17NO. The highest BCUT2D eigenvalue weighted by atomic mass is 16.3. The largest absolute Gasteiger partial charge is 0.392 e. The molecule has 0 aromatic heterocycles. The second-order valence-corrected chi connectivity index (χ2v) is 4.10. The highest BCUT2D eigenvalue weighted by Crippen LogP contribution is 2.24. The third-order valence-corrected chi connectivity index (χ3v) is 3.07. The topological polar surface area (TPSA) is 32.3 Å². The third kappa shape index (κ3) is 1.97. The Bertz CT molecular complexity index is 286. The van der Waals surface area contributed by atoms with Gasteiger partial charge in [-0.25, -0.2) is 0 Å². The van der Waals surface area contributed by atoms with Crippen LogP contribution in [0.2, 0.25) is 0 Å². The van der Waals surface area contributed by atoms with Crippen LogP contribution in [0.25, 0.3) is 0 Å². The van der Waals surface area contributed by atoms with Crippen molar-refractivity contribution in [3.63, 3.8) is 0 Å². The molecule has 0 bridgehead atoms. The molecule has 0 saturated carbocycles. The number of benzene rings is 1. The minimum Gasteiger partial charge on any atom is -0.392 e. The maximum atomic E-state index is 9.43. The van der Waals surface area contributed by atoms with Crippen LogP contribution in [0.3, 0.4) is 0 Å². The Morgan fingerprint density at radius 1 is 1.36 bits per heavy atom. The van der Waals surface area contributed by atoms with Crippen molar-refractivity contribution in [2.45, 2.75) is 31.4 Å². The first-order valence-corrected chi connectivity index (χ1v) is 5.24. The summed E-state index contributed by atoms with van der Waals surface area (Å²) in [6, 6.07) is 10.9. The fourth-order valence-corrected chi connectivity index (χ4v) is 2.12. The van der Waals surface area contributed by atoms with E-state index in [9.17, 15) is 5.11 Å². The first-order chi connectivity index (χ1) is 6.77. The maximum Gasteiger partial charge on any atom is 0.0679 e. The molecule has 1 aromatic rings. The number of hydrogen-bond donors (Lipinski definition) is 2. The van der Waals surface area contributed by atoms with Gasteiger partial charge in [0, 0.05) is 12.6 Å². The lowest BCUT2D eigenvalue weighted by Gasteiger charge is -2.19. The Hall–Kier alpha value is -0.860. The van der Waals surface area contributed by atoms with Crippen molar-refractivity contribution in [2.24, 2.45) is 0 Å². The summed E-state index contributed by atoms with van der Waals surface area (Å²) in [4.78, 5) is 0. The molecular weight excluding hydrogens is 174 g/mol. The van der Waals surface area contributed by atoms with E-state index in [4.69, 9.17) is 0 Å². The van der Waals surface area contributed by atoms with E-state index in [2.05, 4.69) is 36.5 Å². The second-order valence-electron chi connectivity index (χ2n) is 4.10. The monoisotopic (exact) mass is 191 g/mol. The smallest absolute Gasteiger partial charge is 0.0679 e. The Morgan fingerprint density at radius 2 is 2.07 bits per heavy atom. The summed E-state index contributed by atoms with van der Waals surface area (Å²) in [5.41, 5.74) is 1.35. The van der Waals surface area contributed by atoms with E-state index >= 15 is 0 Å². The van der Waals surface area contributed by atoms with Crippen LogP contribution in [0, 0.1) is 0 Å². The van der Waals surface area contributed by atoms with Gasteiger partial charge in [-0.05, 0) is 17.9 Å². The van der Waals surface area contributed by atoms with Gasteiger partial charge < -0.3 is 10.4 Å². The number of nitrogens with one attached hydrogen (secondary N) is 1. The van der Waals surface area contributed by atoms with Crippen LogP contribution < -0.4 is 5.32 Å². The van der Waals surface area contributed by atoms with Gasteiger partial charge in [-0.2, -0.15) is 0 Å². The van der Waals surface area contributed by atoms with Gasteiger partial charge in [0.25, 0.3) is 0 Å². The number of rotatable bonds is 2. The van der Waals surface area contributed by atoms with Gasteiger partial charge in [0.2, 0.25) is 0 Å². The summed E-state index contributed by atoms with van der Waals surface area (Å²) in [7, 11) is 0. The lowest BCUT2D eigenvalue weighted by atomic mass is 9.92. The van der Waals surface area contributed by atoms with Gasteiger partial charge in [-0.15, -0.1) is 0 Å². The van der Waals surface area contributed by atoms with Crippen LogP contribution in [0.1, 0.15) is 24.8 Å². The molecule has 1 aliphatic heterocycles. The molecule has 1 fully saturated rings. The fourth-order valence-electron chi connectivity index (χ4n) is 2.12. The molecule has 1 aromatic carbocycles. The van der Waals surface area contributed by atoms with E-state index < -0.39 is 0 Å². The quantitative estimate of drug-likeness (QED) is 0.742. The molecule has 76 valence electrons. The van der Waals surface area contributed by atoms with Crippen LogP contribution in [0.5, 0.6) is 0 Å². The zero-order valence-corrected chi connectivity index (χ0v) is 8.48. The van der Waals surface area contributed by atoms with E-state index in [1.807, 2.05) is 6.07 Å². The molecule has 2 nitrogen and oxygen atoms in total. The van der Waals surface area contributed by atoms with Gasteiger partial charge in [0.15, 0.2) is 0 Å². The Morgan fingerprint density at radius 3 is 2.64 bits per heavy atom. The molecule has 0 amide bonds. The van der Waals surface area contributed by atoms with Gasteiger partial charge in [0.05, 0.1) is 6.10 Å². The summed E-state index contributed by atoms with van der Waals surface area (Å²) < 4.78 is 0. The molecule has 3 unspecified atom stereocenters. The van der Waals surface area contributed by atoms with E-state index in [1.165, 1.54) is 5.56 Å². The average molecular weight is 191 g/mol. The van der Waals surface area contributed by atoms with Gasteiger partial charge >= 0.3 is 0 Å². The highest BCUT2D eigenvalue weighted by molar-refractivity contribution is 5.21. The van der Waals surface area contributed by atoms with Crippen molar-refractivity contribution in [1.82, 2.24) is 5.32 Å². The zero-order valence-electron chi connectivity index (χ0n) is 8.48. The standard InChI is InChI=1S/C12H17NO/c1-9(10-5-3-2-4-6-10)12-7-11(14)8-13-12/h2-6,9,11-14H,7-8H2,1H3. The van der Waals surface area contributed by atoms with E-state index in [-0.39, 0.29) is 6.10 Å². The molecule has 2 N–H and O–H groups in total. The molecule has 0 radical (unpaired) electrons. The number of aliphatic hydroxyl groups is 1. The number of aliphatic hydroxyl groups excluding tert-OH is 1. The highest BCUT2D eigenvalue weighted by Gasteiger charge is 2.27. The first kappa shape index (κ1) is 9.69. The molecule has 1 saturated heterocycles. The Kier molecular flexibility index (Phi) is 2.85. The summed E-state index contributed by atoms with van der Waals surface area (Å²) >= 11 is 0. The van der Waals surface area contributed by atoms with Gasteiger partial charge in [-0.1, -0.05) is 37.3 Å². The molecule has 0 aliphatic carbocycles. The van der Waals surface area contributed by atoms with Crippen molar-refractivity contribution >= 4 is 0 Å². The maximum absolute atomic E-state index is 9.43. The van der Waals surface area contributed by atoms with Crippen molar-refractivity contribution in [1.29, 1.82) is 0 Å². The van der Waals surface area contributed by atoms with Gasteiger partial charge in [-0.3, -0.25) is 0 Å². The number of β-amino-alcohol motifs (C(OH)–C–C–N with tert-alkyl or cyclic N) is 1. The van der Waals surface area contributed by atoms with E-state index in [0.29, 0.717) is 12.0 Å². The van der Waals surface area contributed by atoms with Crippen LogP contribution in [0.15, 0.2) is 30.3 Å². The molecule has 14 heavy (non-hydrogen) atoms. The SMILES string of the molecule is CC(c1ccccc1)C1CC(O)CN1. The van der Waals surface area contributed by atoms with Crippen molar-refractivity contribution in [3.8, 4) is 0 Å². The summed E-state index contributed by atoms with van der Waals surface area (Å²) in [5.74, 6) is 0.480. The lowest BCUT2D eigenvalue weighted by Crippen LogP contribution is -2.27. The average Bonchev–Trinajstić information content (AvgIpc) is 2.65. The van der Waals surface area contributed by atoms with E-state index in [0.717, 1.165) is 13.0 Å². The molecule has 3 atom stereocenters. The van der Waals surface area contributed by atoms with E-state index in [1.54, 1.807) is 0 Å². The predicted molar refractivity (Wildman–Crippen MR) is 57.3 cm³/mol. The van der Waals surface area contributed by atoms with Crippen LogP contribution in [-0.4, -0.2) is 23.8 Å². The Labute approximate surface area is 85.0 Å². The van der Waals surface area contributed by atoms with Crippen molar-refractivity contribution in [3.05, 3.63) is 35.9 Å². The molecule has 2 rings (SSSR count). The van der Waals surface area contributed by atoms with Crippen LogP contribution in [0.4, 0.5) is 0 Å². The summed E-state index contributed by atoms with van der Waals surface area (Å²) in [6.07, 6.45) is 0.710. The van der Waals surface area contributed by atoms with Gasteiger partial charge in [0.1, 0.15) is 0 Å². The molecule has 1 aliphatic rings. The minimum atomic E-state index is -0.161. The minimum absolute atomic E-state index is 0.161. The van der Waals surface area contributed by atoms with Crippen LogP contribution >= 0.6 is 0 Å². The summed E-state index contributed by atoms with van der Waals surface area (Å²) in [5, 5.41) is 12.8. The zero-order chi connectivity index (χ0) is 9.97. The van der Waals surface area contributed by atoms with Crippen molar-refractivity contribution < 1.29 is 5.11 Å². The fraction of sp³-hybridized carbons (Fsp3) is 0.500. The molecule has 2 heteroatoms. The predicted octanol–water partition coefficient (Wildman–Crippen LogP) is 1.51. The second kappa shape index (κ2) is 4.11. The van der Waals surface area contributed by atoms with Crippen LogP contribution in [-0.2, 0) is 0 Å². The Balaban J connectivity index is 2.05. The lowest BCUT2D eigenvalue weighted by molar-refractivity contribution is 0.192. The molecule has 1 heterocycles.